The third-order valence-corrected chi connectivity index (χ3v) is 19.7. The molecule has 5 aromatic rings. The van der Waals surface area contributed by atoms with Gasteiger partial charge in [-0.15, -0.1) is 0 Å². The highest BCUT2D eigenvalue weighted by molar-refractivity contribution is 5.92. The summed E-state index contributed by atoms with van der Waals surface area (Å²) < 4.78 is 150. The van der Waals surface area contributed by atoms with E-state index < -0.39 is 275 Å². The van der Waals surface area contributed by atoms with Gasteiger partial charge in [-0.25, -0.2) is 24.0 Å². The first-order chi connectivity index (χ1) is 60.8. The van der Waals surface area contributed by atoms with Gasteiger partial charge in [0, 0.05) is 62.3 Å². The highest BCUT2D eigenvalue weighted by Crippen LogP contribution is 2.42. The number of hydrogen-bond acceptors (Lipinski definition) is 40. The minimum atomic E-state index is -2.56. The molecule has 5 aromatic carbocycles. The molecule has 1 N–H and O–H groups in total. The molecule has 0 radical (unpaired) electrons. The van der Waals surface area contributed by atoms with Crippen LogP contribution in [0.2, 0.25) is 0 Å². The van der Waals surface area contributed by atoms with Crippen molar-refractivity contribution in [2.24, 2.45) is 5.41 Å². The summed E-state index contributed by atoms with van der Waals surface area (Å²) in [5, 5.41) is 12.4. The Morgan fingerprint density at radius 3 is 0.945 bits per heavy atom. The molecule has 40 heteroatoms. The summed E-state index contributed by atoms with van der Waals surface area (Å²) in [4.78, 5) is 209. The van der Waals surface area contributed by atoms with Gasteiger partial charge in [-0.05, 0) is 88.4 Å². The van der Waals surface area contributed by atoms with Crippen molar-refractivity contribution >= 4 is 89.5 Å². The zero-order valence-corrected chi connectivity index (χ0v) is 71.6. The lowest BCUT2D eigenvalue weighted by atomic mass is 9.94. The van der Waals surface area contributed by atoms with E-state index in [4.69, 9.17) is 114 Å². The molecule has 0 bridgehead atoms. The number of esters is 15. The molecule has 5 fully saturated rings. The molecular weight excluding hydrogens is 1700 g/mol. The van der Waals surface area contributed by atoms with Crippen molar-refractivity contribution in [1.82, 2.24) is 0 Å². The van der Waals surface area contributed by atoms with Gasteiger partial charge in [0.15, 0.2) is 105 Å². The van der Waals surface area contributed by atoms with E-state index in [1.807, 2.05) is 0 Å². The zero-order chi connectivity index (χ0) is 93.0. The number of aliphatic hydroxyl groups is 1. The molecule has 0 aromatic heterocycles. The quantitative estimate of drug-likeness (QED) is 0.0429. The molecule has 0 saturated carbocycles. The van der Waals surface area contributed by atoms with Gasteiger partial charge in [0.1, 0.15) is 62.5 Å². The van der Waals surface area contributed by atoms with E-state index in [0.29, 0.717) is 0 Å². The number of hydrogen-bond donors (Lipinski definition) is 1. The summed E-state index contributed by atoms with van der Waals surface area (Å²) in [6.45, 7) is 10.2. The van der Waals surface area contributed by atoms with Crippen LogP contribution in [-0.4, -0.2) is 275 Å². The van der Waals surface area contributed by atoms with Gasteiger partial charge in [-0.3, -0.25) is 47.9 Å². The average molecular weight is 1800 g/mol. The number of aliphatic hydroxyl groups excluding tert-OH is 1. The molecule has 5 aliphatic heterocycles. The largest absolute Gasteiger partial charge is 0.463 e. The van der Waals surface area contributed by atoms with Gasteiger partial charge in [0.05, 0.1) is 45.9 Å². The zero-order valence-electron chi connectivity index (χ0n) is 71.6. The Kier molecular flexibility index (Phi) is 34.4. The first-order valence-corrected chi connectivity index (χ1v) is 40.3. The van der Waals surface area contributed by atoms with Crippen LogP contribution in [0.25, 0.3) is 0 Å². The van der Waals surface area contributed by atoms with Crippen LogP contribution in [0.3, 0.4) is 0 Å². The van der Waals surface area contributed by atoms with E-state index in [1.165, 1.54) is 155 Å². The van der Waals surface area contributed by atoms with Crippen LogP contribution in [0.5, 0.6) is 0 Å². The van der Waals surface area contributed by atoms with Crippen LogP contribution in [-0.2, 0) is 162 Å². The topological polar surface area (TPSA) is 498 Å². The first-order valence-electron chi connectivity index (χ1n) is 40.3. The van der Waals surface area contributed by atoms with E-state index in [2.05, 4.69) is 0 Å². The number of benzene rings is 5. The third kappa shape index (κ3) is 26.5. The summed E-state index contributed by atoms with van der Waals surface area (Å²) in [5.74, 6) is -16.6. The van der Waals surface area contributed by atoms with Crippen molar-refractivity contribution in [3.05, 3.63) is 179 Å². The monoisotopic (exact) mass is 1790 g/mol. The second-order valence-electron chi connectivity index (χ2n) is 30.7. The molecule has 10 rings (SSSR count). The predicted octanol–water partition coefficient (Wildman–Crippen LogP) is 5.16. The summed E-state index contributed by atoms with van der Waals surface area (Å²) in [7, 11) is 0. The fourth-order valence-electron chi connectivity index (χ4n) is 14.2. The van der Waals surface area contributed by atoms with E-state index in [1.54, 1.807) is 24.3 Å². The maximum absolute atomic E-state index is 15.6. The van der Waals surface area contributed by atoms with Crippen molar-refractivity contribution in [2.45, 2.75) is 244 Å². The molecule has 40 nitrogen and oxygen atoms in total. The van der Waals surface area contributed by atoms with Gasteiger partial charge < -0.3 is 119 Å². The van der Waals surface area contributed by atoms with Crippen LogP contribution >= 0.6 is 0 Å². The fourth-order valence-corrected chi connectivity index (χ4v) is 14.2. The Morgan fingerprint density at radius 2 is 0.531 bits per heavy atom. The molecule has 690 valence electrons. The molecule has 25 atom stereocenters. The lowest BCUT2D eigenvalue weighted by Crippen LogP contribution is -2.70. The van der Waals surface area contributed by atoms with Gasteiger partial charge in [0.25, 0.3) is 0 Å². The maximum Gasteiger partial charge on any atom is 0.338 e. The van der Waals surface area contributed by atoms with Crippen LogP contribution in [0.1, 0.15) is 142 Å². The Bertz CT molecular complexity index is 4700. The molecule has 128 heavy (non-hydrogen) atoms. The normalized spacial score (nSPS) is 29.0. The van der Waals surface area contributed by atoms with E-state index in [-0.39, 0.29) is 27.8 Å². The van der Waals surface area contributed by atoms with E-state index in [0.717, 1.165) is 62.3 Å². The molecule has 0 unspecified atom stereocenters. The Balaban J connectivity index is 1.22. The van der Waals surface area contributed by atoms with Crippen LogP contribution < -0.4 is 0 Å². The number of carbonyl (C=O) groups is 15. The second kappa shape index (κ2) is 44.9. The van der Waals surface area contributed by atoms with E-state index >= 15 is 14.4 Å². The summed E-state index contributed by atoms with van der Waals surface area (Å²) >= 11 is 0. The Labute approximate surface area is 732 Å². The number of rotatable bonds is 32. The van der Waals surface area contributed by atoms with Crippen molar-refractivity contribution in [3.8, 4) is 0 Å². The van der Waals surface area contributed by atoms with Crippen LogP contribution in [0.4, 0.5) is 0 Å². The minimum Gasteiger partial charge on any atom is -0.463 e. The standard InChI is InChI=1S/C88H98O40/c1-43-62(110-45(3)90)67(113-48(6)93)74(117-52(10)97)84(109-43)128-71-66(126-85-75(124-80(101)56-35-25-17-26-36-56)70(123-79(100)55-33-23-16-24-34-55)65(122-78(99)54-31-21-15-22-32-54)60(120-85)40-106-77(98)53-29-19-14-20-30-53)61(42-108-87(104)88(11,12)13)121-86(76(71)125-81(102)57-37-27-18-28-38-57)127-68-63(111-46(4)91)58(118-82(103)72(68)115-50(8)95)41-107-83-73(116-51(9)96)69(114-49(7)94)64(112-47(5)92)59(119-83)39-105-44(2)89/h14-38,43,58-76,82-86,103H,39-42H2,1-13H3/t43-,58+,59+,60+,61+,62+,63-,64-,65-,66+,67+,68-,69-,70-,71-,72+,73+,74-,75+,76+,82+,83+,84-,85-,86-/m0/s1. The Hall–Kier alpha value is -12.2. The van der Waals surface area contributed by atoms with E-state index in [9.17, 15) is 62.6 Å². The second-order valence-corrected chi connectivity index (χ2v) is 30.7. The number of ether oxygens (including phenoxy) is 24. The smallest absolute Gasteiger partial charge is 0.338 e. The minimum absolute atomic E-state index is 0.0300. The summed E-state index contributed by atoms with van der Waals surface area (Å²) in [6, 6.07) is 35.9. The Morgan fingerprint density at radius 1 is 0.266 bits per heavy atom. The molecule has 0 spiro atoms. The van der Waals surface area contributed by atoms with Gasteiger partial charge in [0.2, 0.25) is 0 Å². The fraction of sp³-hybridized carbons (Fsp3) is 0.489. The molecule has 5 saturated heterocycles. The van der Waals surface area contributed by atoms with Gasteiger partial charge in [-0.2, -0.15) is 0 Å². The van der Waals surface area contributed by atoms with Crippen molar-refractivity contribution in [2.75, 3.05) is 26.4 Å². The van der Waals surface area contributed by atoms with Crippen LogP contribution in [0, 0.1) is 5.41 Å². The van der Waals surface area contributed by atoms with Crippen molar-refractivity contribution in [3.63, 3.8) is 0 Å². The molecular formula is C88H98O40. The molecule has 5 aliphatic rings. The number of carbonyl (C=O) groups excluding carboxylic acids is 15. The molecule has 0 amide bonds. The first kappa shape index (κ1) is 97.9. The average Bonchev–Trinajstić information content (AvgIpc) is 0.732. The summed E-state index contributed by atoms with van der Waals surface area (Å²) in [5.41, 5.74) is -2.22. The maximum atomic E-state index is 15.6. The van der Waals surface area contributed by atoms with Gasteiger partial charge in [-0.1, -0.05) is 91.0 Å². The summed E-state index contributed by atoms with van der Waals surface area (Å²) in [6.07, 6.45) is -53.3. The highest BCUT2D eigenvalue weighted by Gasteiger charge is 2.63. The lowest BCUT2D eigenvalue weighted by molar-refractivity contribution is -0.397. The van der Waals surface area contributed by atoms with Gasteiger partial charge >= 0.3 is 89.5 Å². The molecule has 0 aliphatic carbocycles. The highest BCUT2D eigenvalue weighted by atomic mass is 16.8. The van der Waals surface area contributed by atoms with Crippen molar-refractivity contribution in [1.29, 1.82) is 0 Å². The van der Waals surface area contributed by atoms with Crippen LogP contribution in [0.15, 0.2) is 152 Å². The molecule has 5 heterocycles. The lowest BCUT2D eigenvalue weighted by Gasteiger charge is -2.52. The SMILES string of the molecule is CC(=O)OC[C@H]1O[C@@H](OC[C@H]2O[C@@H](O)[C@H](OC(C)=O)[C@@H](O[C@@H]3O[C@H](COC(=O)C(C)(C)C)[C@@H](O[C@@H]4O[C@H](COC(=O)c5ccccc5)[C@H](OC(=O)c5ccccc5)[C@H](OC(=O)c5ccccc5)[C@H]4OC(=O)c4ccccc4)[C@H](O[C@@H]4O[C@@H](C)[C@@H](OC(C)=O)[C@@H](OC(C)=O)[C@@H]4OC(C)=O)[C@H]3OC(=O)c3ccccc3)[C@H]2OC(C)=O)[C@H](OC(C)=O)[C@@H](OC(C)=O)[C@H]1OC(C)=O. The third-order valence-electron chi connectivity index (χ3n) is 19.7. The predicted molar refractivity (Wildman–Crippen MR) is 423 cm³/mol. The van der Waals surface area contributed by atoms with Crippen molar-refractivity contribution < 1.29 is 191 Å².